The number of likely N-dealkylation sites (N-methyl/N-ethyl adjacent to an activating group) is 1. The van der Waals surface area contributed by atoms with Gasteiger partial charge >= 0.3 is 0 Å². The van der Waals surface area contributed by atoms with Crippen molar-refractivity contribution in [2.75, 3.05) is 7.05 Å². The Bertz CT molecular complexity index is 204. The van der Waals surface area contributed by atoms with Gasteiger partial charge in [-0.05, 0) is 12.8 Å². The molecule has 4 heteroatoms. The average Bonchev–Trinajstić information content (AvgIpc) is 2.44. The van der Waals surface area contributed by atoms with Crippen molar-refractivity contribution in [2.45, 2.75) is 24.9 Å². The van der Waals surface area contributed by atoms with Crippen molar-refractivity contribution in [3.05, 3.63) is 0 Å². The maximum atomic E-state index is 11.2. The van der Waals surface area contributed by atoms with Gasteiger partial charge in [0.2, 0.25) is 11.8 Å². The van der Waals surface area contributed by atoms with E-state index in [1.165, 1.54) is 4.90 Å². The molecule has 0 aliphatic carbocycles. The van der Waals surface area contributed by atoms with E-state index in [1.54, 1.807) is 7.05 Å². The first-order valence-electron chi connectivity index (χ1n) is 3.77. The maximum absolute atomic E-state index is 11.2. The molecule has 2 heterocycles. The Labute approximate surface area is 64.5 Å². The molecule has 1 N–H and O–H groups in total. The molecule has 2 unspecified atom stereocenters. The molecule has 2 bridgehead atoms. The summed E-state index contributed by atoms with van der Waals surface area (Å²) in [5.41, 5.74) is 0. The minimum atomic E-state index is -0.0947. The number of rotatable bonds is 0. The lowest BCUT2D eigenvalue weighted by Crippen LogP contribution is -2.57. The highest BCUT2D eigenvalue weighted by Crippen LogP contribution is 2.20. The number of likely N-dealkylation sites (tertiary alicyclic amines) is 1. The Morgan fingerprint density at radius 2 is 1.73 bits per heavy atom. The number of hydrogen-bond acceptors (Lipinski definition) is 3. The molecule has 2 amide bonds. The molecule has 0 aromatic rings. The fourth-order valence-corrected chi connectivity index (χ4v) is 1.71. The topological polar surface area (TPSA) is 49.4 Å². The van der Waals surface area contributed by atoms with E-state index in [9.17, 15) is 9.59 Å². The molecule has 0 aromatic heterocycles. The predicted molar refractivity (Wildman–Crippen MR) is 37.7 cm³/mol. The third kappa shape index (κ3) is 0.790. The van der Waals surface area contributed by atoms with Crippen LogP contribution >= 0.6 is 0 Å². The van der Waals surface area contributed by atoms with Crippen LogP contribution in [0.4, 0.5) is 0 Å². The highest BCUT2D eigenvalue weighted by atomic mass is 16.2. The zero-order valence-electron chi connectivity index (χ0n) is 6.33. The molecule has 4 nitrogen and oxygen atoms in total. The minimum absolute atomic E-state index is 0.0799. The van der Waals surface area contributed by atoms with Crippen LogP contribution in [-0.2, 0) is 9.59 Å². The number of amides is 2. The summed E-state index contributed by atoms with van der Waals surface area (Å²) in [6, 6.07) is -0.189. The SMILES string of the molecule is CN1C(=O)C2CCC(N2)C1=O. The molecule has 0 radical (unpaired) electrons. The van der Waals surface area contributed by atoms with Crippen molar-refractivity contribution in [2.24, 2.45) is 0 Å². The molecule has 2 atom stereocenters. The van der Waals surface area contributed by atoms with Crippen molar-refractivity contribution >= 4 is 11.8 Å². The maximum Gasteiger partial charge on any atom is 0.246 e. The standard InChI is InChI=1S/C7H10N2O2/c1-9-6(10)4-2-3-5(8-4)7(9)11/h4-5,8H,2-3H2,1H3. The molecule has 2 saturated heterocycles. The molecular formula is C7H10N2O2. The largest absolute Gasteiger partial charge is 0.295 e. The second kappa shape index (κ2) is 2.04. The van der Waals surface area contributed by atoms with E-state index in [0.29, 0.717) is 0 Å². The molecule has 2 rings (SSSR count). The van der Waals surface area contributed by atoms with Crippen LogP contribution < -0.4 is 5.32 Å². The Morgan fingerprint density at radius 1 is 1.27 bits per heavy atom. The summed E-state index contributed by atoms with van der Waals surface area (Å²) in [5, 5.41) is 2.98. The first-order chi connectivity index (χ1) is 5.20. The molecular weight excluding hydrogens is 144 g/mol. The fourth-order valence-electron chi connectivity index (χ4n) is 1.71. The molecule has 2 aliphatic heterocycles. The summed E-state index contributed by atoms with van der Waals surface area (Å²) in [7, 11) is 1.55. The van der Waals surface area contributed by atoms with Crippen molar-refractivity contribution in [3.8, 4) is 0 Å². The number of carbonyl (C=O) groups is 2. The van der Waals surface area contributed by atoms with Crippen molar-refractivity contribution in [3.63, 3.8) is 0 Å². The zero-order chi connectivity index (χ0) is 8.01. The van der Waals surface area contributed by atoms with E-state index < -0.39 is 0 Å². The van der Waals surface area contributed by atoms with Gasteiger partial charge in [-0.2, -0.15) is 0 Å². The van der Waals surface area contributed by atoms with Gasteiger partial charge in [0.1, 0.15) is 0 Å². The van der Waals surface area contributed by atoms with Gasteiger partial charge in [-0.1, -0.05) is 0 Å². The van der Waals surface area contributed by atoms with Crippen molar-refractivity contribution in [1.29, 1.82) is 0 Å². The third-order valence-corrected chi connectivity index (χ3v) is 2.40. The van der Waals surface area contributed by atoms with E-state index in [2.05, 4.69) is 5.32 Å². The molecule has 2 fully saturated rings. The van der Waals surface area contributed by atoms with Crippen LogP contribution in [0.1, 0.15) is 12.8 Å². The molecule has 2 aliphatic rings. The molecule has 0 aromatic carbocycles. The van der Waals surface area contributed by atoms with Crippen LogP contribution in [0.3, 0.4) is 0 Å². The van der Waals surface area contributed by atoms with Gasteiger partial charge in [0.25, 0.3) is 0 Å². The van der Waals surface area contributed by atoms with Gasteiger partial charge in [0.15, 0.2) is 0 Å². The fraction of sp³-hybridized carbons (Fsp3) is 0.714. The van der Waals surface area contributed by atoms with Crippen LogP contribution in [0.25, 0.3) is 0 Å². The van der Waals surface area contributed by atoms with E-state index >= 15 is 0 Å². The first kappa shape index (κ1) is 6.79. The Kier molecular flexibility index (Phi) is 1.26. The van der Waals surface area contributed by atoms with E-state index in [1.807, 2.05) is 0 Å². The number of nitrogens with zero attached hydrogens (tertiary/aromatic N) is 1. The lowest BCUT2D eigenvalue weighted by atomic mass is 10.2. The van der Waals surface area contributed by atoms with E-state index in [0.717, 1.165) is 12.8 Å². The summed E-state index contributed by atoms with van der Waals surface area (Å²) in [6.07, 6.45) is 1.61. The Morgan fingerprint density at radius 3 is 2.18 bits per heavy atom. The van der Waals surface area contributed by atoms with Gasteiger partial charge in [-0.3, -0.25) is 19.8 Å². The second-order valence-electron chi connectivity index (χ2n) is 3.08. The van der Waals surface area contributed by atoms with Crippen LogP contribution in [0.2, 0.25) is 0 Å². The zero-order valence-corrected chi connectivity index (χ0v) is 6.33. The minimum Gasteiger partial charge on any atom is -0.295 e. The van der Waals surface area contributed by atoms with Crippen molar-refractivity contribution in [1.82, 2.24) is 10.2 Å². The quantitative estimate of drug-likeness (QED) is 0.460. The lowest BCUT2D eigenvalue weighted by Gasteiger charge is -2.27. The number of nitrogens with one attached hydrogen (secondary N) is 1. The number of hydrogen-bond donors (Lipinski definition) is 1. The van der Waals surface area contributed by atoms with Crippen LogP contribution in [0, 0.1) is 0 Å². The number of fused-ring (bicyclic) bond motifs is 2. The number of carbonyl (C=O) groups excluding carboxylic acids is 2. The lowest BCUT2D eigenvalue weighted by molar-refractivity contribution is -0.148. The van der Waals surface area contributed by atoms with E-state index in [-0.39, 0.29) is 23.9 Å². The average molecular weight is 154 g/mol. The van der Waals surface area contributed by atoms with Gasteiger partial charge in [0.05, 0.1) is 12.1 Å². The normalized spacial score (nSPS) is 36.6. The van der Waals surface area contributed by atoms with Crippen LogP contribution in [0.15, 0.2) is 0 Å². The van der Waals surface area contributed by atoms with Crippen LogP contribution in [-0.4, -0.2) is 35.8 Å². The monoisotopic (exact) mass is 154 g/mol. The molecule has 0 spiro atoms. The summed E-state index contributed by atoms with van der Waals surface area (Å²) in [5.74, 6) is -0.160. The van der Waals surface area contributed by atoms with Gasteiger partial charge < -0.3 is 0 Å². The first-order valence-corrected chi connectivity index (χ1v) is 3.77. The van der Waals surface area contributed by atoms with Crippen molar-refractivity contribution < 1.29 is 9.59 Å². The highest BCUT2D eigenvalue weighted by Gasteiger charge is 2.42. The Balaban J connectivity index is 2.30. The highest BCUT2D eigenvalue weighted by molar-refractivity contribution is 6.03. The number of imide groups is 1. The molecule has 60 valence electrons. The second-order valence-corrected chi connectivity index (χ2v) is 3.08. The van der Waals surface area contributed by atoms with Gasteiger partial charge in [0, 0.05) is 7.05 Å². The summed E-state index contributed by atoms with van der Waals surface area (Å²) >= 11 is 0. The summed E-state index contributed by atoms with van der Waals surface area (Å²) in [4.78, 5) is 23.7. The predicted octanol–water partition coefficient (Wildman–Crippen LogP) is -0.894. The molecule has 0 saturated carbocycles. The number of piperazine rings is 1. The smallest absolute Gasteiger partial charge is 0.246 e. The van der Waals surface area contributed by atoms with E-state index in [4.69, 9.17) is 0 Å². The summed E-state index contributed by atoms with van der Waals surface area (Å²) in [6.45, 7) is 0. The Hall–Kier alpha value is -0.900. The van der Waals surface area contributed by atoms with Gasteiger partial charge in [-0.15, -0.1) is 0 Å². The van der Waals surface area contributed by atoms with Crippen LogP contribution in [0.5, 0.6) is 0 Å². The summed E-state index contributed by atoms with van der Waals surface area (Å²) < 4.78 is 0. The third-order valence-electron chi connectivity index (χ3n) is 2.40. The molecule has 11 heavy (non-hydrogen) atoms. The van der Waals surface area contributed by atoms with Gasteiger partial charge in [-0.25, -0.2) is 0 Å².